The highest BCUT2D eigenvalue weighted by molar-refractivity contribution is 5.91. The van der Waals surface area contributed by atoms with E-state index in [1.165, 1.54) is 23.5 Å². The van der Waals surface area contributed by atoms with Gasteiger partial charge in [0.05, 0.1) is 0 Å². The molecule has 0 amide bonds. The van der Waals surface area contributed by atoms with Crippen LogP contribution in [0, 0.1) is 11.3 Å². The Bertz CT molecular complexity index is 791. The molecule has 6 heteroatoms. The van der Waals surface area contributed by atoms with Crippen LogP contribution in [0.25, 0.3) is 0 Å². The van der Waals surface area contributed by atoms with Gasteiger partial charge in [0, 0.05) is 18.7 Å². The second-order valence-corrected chi connectivity index (χ2v) is 7.44. The summed E-state index contributed by atoms with van der Waals surface area (Å²) in [6.45, 7) is 4.21. The van der Waals surface area contributed by atoms with Gasteiger partial charge in [0.2, 0.25) is 0 Å². The summed E-state index contributed by atoms with van der Waals surface area (Å²) < 4.78 is 33.5. The van der Waals surface area contributed by atoms with E-state index in [1.54, 1.807) is 0 Å². The van der Waals surface area contributed by atoms with Gasteiger partial charge in [-0.25, -0.2) is 13.6 Å². The summed E-state index contributed by atoms with van der Waals surface area (Å²) in [4.78, 5) is 12.7. The van der Waals surface area contributed by atoms with Gasteiger partial charge >= 0.3 is 5.97 Å². The number of hydrogen-bond acceptors (Lipinski definition) is 3. The van der Waals surface area contributed by atoms with Gasteiger partial charge in [-0.1, -0.05) is 26.0 Å². The molecule has 2 fully saturated rings. The molecule has 0 radical (unpaired) electrons. The van der Waals surface area contributed by atoms with Gasteiger partial charge in [-0.05, 0) is 36.3 Å². The first-order valence-corrected chi connectivity index (χ1v) is 8.24. The van der Waals surface area contributed by atoms with E-state index in [-0.39, 0.29) is 11.0 Å². The zero-order chi connectivity index (χ0) is 17.3. The van der Waals surface area contributed by atoms with E-state index < -0.39 is 23.7 Å². The van der Waals surface area contributed by atoms with Gasteiger partial charge in [-0.3, -0.25) is 4.68 Å². The van der Waals surface area contributed by atoms with Crippen molar-refractivity contribution in [3.63, 3.8) is 0 Å². The molecule has 4 rings (SSSR count). The molecular weight excluding hydrogens is 314 g/mol. The van der Waals surface area contributed by atoms with Crippen molar-refractivity contribution in [2.75, 3.05) is 0 Å². The van der Waals surface area contributed by atoms with Crippen LogP contribution >= 0.6 is 0 Å². The maximum absolute atomic E-state index is 13.2. The Kier molecular flexibility index (Phi) is 3.09. The summed E-state index contributed by atoms with van der Waals surface area (Å²) in [6, 6.07) is 0. The lowest BCUT2D eigenvalue weighted by molar-refractivity contribution is -0.0392. The van der Waals surface area contributed by atoms with Gasteiger partial charge < -0.3 is 4.74 Å². The number of carbonyl (C=O) groups is 1. The predicted molar refractivity (Wildman–Crippen MR) is 83.6 cm³/mol. The number of allylic oxidation sites excluding steroid dienone is 2. The molecule has 0 spiro atoms. The van der Waals surface area contributed by atoms with Crippen molar-refractivity contribution in [2.45, 2.75) is 45.1 Å². The molecule has 2 unspecified atom stereocenters. The monoisotopic (exact) mass is 334 g/mol. The molecule has 2 saturated carbocycles. The van der Waals surface area contributed by atoms with Gasteiger partial charge in [0.25, 0.3) is 6.43 Å². The molecule has 2 bridgehead atoms. The van der Waals surface area contributed by atoms with Crippen LogP contribution in [-0.4, -0.2) is 21.4 Å². The van der Waals surface area contributed by atoms with Crippen LogP contribution in [0.4, 0.5) is 8.78 Å². The standard InChI is InChI=1S/C18H20F2N2O2/c1-17(2)12-7-8-18(17,13-6-4-5-10(12)13)24-16(23)11-9-22(3)21-14(11)15(19)20/h5-6,9,12,15H,4,7-8H2,1-3H3. The van der Waals surface area contributed by atoms with E-state index in [0.29, 0.717) is 5.92 Å². The Balaban J connectivity index is 1.73. The van der Waals surface area contributed by atoms with E-state index >= 15 is 0 Å². The minimum absolute atomic E-state index is 0.142. The first-order valence-electron chi connectivity index (χ1n) is 8.24. The predicted octanol–water partition coefficient (Wildman–Crippen LogP) is 3.96. The number of aryl methyl sites for hydroxylation is 1. The smallest absolute Gasteiger partial charge is 0.342 e. The van der Waals surface area contributed by atoms with Crippen molar-refractivity contribution >= 4 is 5.97 Å². The summed E-state index contributed by atoms with van der Waals surface area (Å²) in [7, 11) is 1.52. The lowest BCUT2D eigenvalue weighted by Crippen LogP contribution is -2.43. The molecule has 1 aromatic rings. The summed E-state index contributed by atoms with van der Waals surface area (Å²) in [5.41, 5.74) is 0.761. The number of fused-ring (bicyclic) bond motifs is 5. The fourth-order valence-electron chi connectivity index (χ4n) is 4.87. The third kappa shape index (κ3) is 1.77. The van der Waals surface area contributed by atoms with Crippen LogP contribution in [0.3, 0.4) is 0 Å². The summed E-state index contributed by atoms with van der Waals surface area (Å²) >= 11 is 0. The number of carbonyl (C=O) groups excluding carboxylic acids is 1. The molecule has 0 N–H and O–H groups in total. The van der Waals surface area contributed by atoms with Crippen LogP contribution in [0.15, 0.2) is 29.5 Å². The molecule has 128 valence electrons. The molecule has 0 aliphatic heterocycles. The van der Waals surface area contributed by atoms with Crippen molar-refractivity contribution in [3.8, 4) is 0 Å². The molecule has 0 aromatic carbocycles. The molecule has 1 aromatic heterocycles. The second-order valence-electron chi connectivity index (χ2n) is 7.44. The van der Waals surface area contributed by atoms with Crippen LogP contribution in [0.1, 0.15) is 55.6 Å². The highest BCUT2D eigenvalue weighted by atomic mass is 19.3. The molecular formula is C18H20F2N2O2. The second kappa shape index (κ2) is 4.77. The molecule has 24 heavy (non-hydrogen) atoms. The Labute approximate surface area is 139 Å². The van der Waals surface area contributed by atoms with E-state index in [0.717, 1.165) is 24.8 Å². The number of halogens is 2. The summed E-state index contributed by atoms with van der Waals surface area (Å²) in [5.74, 6) is -0.344. The van der Waals surface area contributed by atoms with E-state index in [9.17, 15) is 13.6 Å². The number of hydrogen-bond donors (Lipinski definition) is 0. The molecule has 3 aliphatic carbocycles. The summed E-state index contributed by atoms with van der Waals surface area (Å²) in [6.07, 6.45) is 5.37. The minimum Gasteiger partial charge on any atom is -0.450 e. The van der Waals surface area contributed by atoms with Gasteiger partial charge in [-0.2, -0.15) is 5.10 Å². The van der Waals surface area contributed by atoms with Crippen molar-refractivity contribution in [1.29, 1.82) is 0 Å². The zero-order valence-corrected chi connectivity index (χ0v) is 14.0. The molecule has 4 nitrogen and oxygen atoms in total. The largest absolute Gasteiger partial charge is 0.450 e. The van der Waals surface area contributed by atoms with Crippen molar-refractivity contribution < 1.29 is 18.3 Å². The Morgan fingerprint density at radius 1 is 1.42 bits per heavy atom. The molecule has 1 heterocycles. The van der Waals surface area contributed by atoms with Gasteiger partial charge in [-0.15, -0.1) is 0 Å². The number of aromatic nitrogens is 2. The van der Waals surface area contributed by atoms with E-state index in [4.69, 9.17) is 4.74 Å². The fourth-order valence-corrected chi connectivity index (χ4v) is 4.87. The highest BCUT2D eigenvalue weighted by Gasteiger charge is 2.67. The molecule has 2 atom stereocenters. The van der Waals surface area contributed by atoms with Crippen molar-refractivity contribution in [2.24, 2.45) is 18.4 Å². The lowest BCUT2D eigenvalue weighted by atomic mass is 9.77. The zero-order valence-electron chi connectivity index (χ0n) is 14.0. The third-order valence-corrected chi connectivity index (χ3v) is 6.03. The maximum Gasteiger partial charge on any atom is 0.342 e. The number of alkyl halides is 2. The van der Waals surface area contributed by atoms with Crippen molar-refractivity contribution in [3.05, 3.63) is 40.8 Å². The maximum atomic E-state index is 13.2. The third-order valence-electron chi connectivity index (χ3n) is 6.03. The van der Waals surface area contributed by atoms with Crippen molar-refractivity contribution in [1.82, 2.24) is 9.78 Å². The quantitative estimate of drug-likeness (QED) is 0.786. The van der Waals surface area contributed by atoms with E-state index in [1.807, 2.05) is 0 Å². The van der Waals surface area contributed by atoms with Crippen LogP contribution in [-0.2, 0) is 11.8 Å². The van der Waals surface area contributed by atoms with Gasteiger partial charge in [0.1, 0.15) is 16.9 Å². The van der Waals surface area contributed by atoms with Crippen LogP contribution in [0.5, 0.6) is 0 Å². The first-order chi connectivity index (χ1) is 11.3. The minimum atomic E-state index is -2.81. The number of nitrogens with zero attached hydrogens (tertiary/aromatic N) is 2. The Morgan fingerprint density at radius 2 is 2.17 bits per heavy atom. The molecule has 0 saturated heterocycles. The van der Waals surface area contributed by atoms with Crippen LogP contribution in [0.2, 0.25) is 0 Å². The first kappa shape index (κ1) is 15.5. The average Bonchev–Trinajstić information content (AvgIpc) is 3.20. The molecule has 3 aliphatic rings. The average molecular weight is 334 g/mol. The highest BCUT2D eigenvalue weighted by Crippen LogP contribution is 2.68. The Morgan fingerprint density at radius 3 is 2.88 bits per heavy atom. The number of esters is 1. The number of rotatable bonds is 3. The SMILES string of the molecule is Cn1cc(C(=O)OC23CCC(C4=CCC=C42)C3(C)C)c(C(F)F)n1. The van der Waals surface area contributed by atoms with E-state index in [2.05, 4.69) is 31.1 Å². The topological polar surface area (TPSA) is 44.1 Å². The lowest BCUT2D eigenvalue weighted by Gasteiger charge is -2.38. The Hall–Kier alpha value is -1.98. The normalized spacial score (nSPS) is 29.7. The fraction of sp³-hybridized carbons (Fsp3) is 0.556. The van der Waals surface area contributed by atoms with Crippen LogP contribution < -0.4 is 0 Å². The summed E-state index contributed by atoms with van der Waals surface area (Å²) in [5, 5.41) is 3.71. The van der Waals surface area contributed by atoms with Gasteiger partial charge in [0.15, 0.2) is 0 Å². The number of ether oxygens (including phenoxy) is 1.